The molecule has 3 aromatic rings. The van der Waals surface area contributed by atoms with E-state index in [1.54, 1.807) is 12.1 Å². The first-order chi connectivity index (χ1) is 14.9. The van der Waals surface area contributed by atoms with E-state index in [1.807, 2.05) is 42.7 Å². The molecule has 0 unspecified atom stereocenters. The zero-order valence-electron chi connectivity index (χ0n) is 17.1. The molecule has 0 N–H and O–H groups in total. The third-order valence-corrected chi connectivity index (χ3v) is 5.44. The second kappa shape index (κ2) is 8.81. The van der Waals surface area contributed by atoms with E-state index in [9.17, 15) is 9.59 Å². The van der Waals surface area contributed by atoms with Crippen molar-refractivity contribution in [3.63, 3.8) is 0 Å². The first-order valence-corrected chi connectivity index (χ1v) is 10.2. The van der Waals surface area contributed by atoms with Crippen LogP contribution in [0.15, 0.2) is 48.7 Å². The quantitative estimate of drug-likeness (QED) is 0.327. The van der Waals surface area contributed by atoms with Crippen LogP contribution in [-0.2, 0) is 11.3 Å². The normalized spacial score (nSPS) is 14.9. The molecule has 7 nitrogen and oxygen atoms in total. The number of ether oxygens (including phenoxy) is 3. The number of carbonyl (C=O) groups is 2. The van der Waals surface area contributed by atoms with Crippen molar-refractivity contribution >= 4 is 23.4 Å². The highest BCUT2D eigenvalue weighted by molar-refractivity contribution is 6.32. The van der Waals surface area contributed by atoms with Gasteiger partial charge in [-0.1, -0.05) is 23.7 Å². The van der Waals surface area contributed by atoms with Crippen LogP contribution >= 0.6 is 11.6 Å². The molecule has 8 heteroatoms. The largest absolute Gasteiger partial charge is 0.486 e. The summed E-state index contributed by atoms with van der Waals surface area (Å²) in [6, 6.07) is 12.4. The van der Waals surface area contributed by atoms with Gasteiger partial charge in [-0.05, 0) is 44.2 Å². The van der Waals surface area contributed by atoms with Gasteiger partial charge >= 0.3 is 5.97 Å². The highest BCUT2D eigenvalue weighted by atomic mass is 35.5. The first kappa shape index (κ1) is 20.9. The molecule has 1 aliphatic heterocycles. The summed E-state index contributed by atoms with van der Waals surface area (Å²) in [5, 5.41) is 0.0365. The molecule has 0 radical (unpaired) electrons. The number of Topliss-reactive ketones (excluding diaryl/α,β-unsaturated/α-hetero) is 1. The monoisotopic (exact) mass is 440 g/mol. The van der Waals surface area contributed by atoms with Crippen molar-refractivity contribution in [2.45, 2.75) is 26.5 Å². The zero-order valence-corrected chi connectivity index (χ0v) is 17.9. The molecule has 1 atom stereocenters. The molecule has 3 heterocycles. The molecule has 0 saturated carbocycles. The number of esters is 1. The van der Waals surface area contributed by atoms with E-state index in [0.717, 1.165) is 17.1 Å². The fraction of sp³-hybridized carbons (Fsp3) is 0.261. The number of aromatic nitrogens is 2. The summed E-state index contributed by atoms with van der Waals surface area (Å²) in [5.74, 6) is 0.454. The van der Waals surface area contributed by atoms with Crippen LogP contribution in [0.3, 0.4) is 0 Å². The number of hydrogen-bond acceptors (Lipinski definition) is 6. The fourth-order valence-corrected chi connectivity index (χ4v) is 3.74. The maximum atomic E-state index is 12.7. The minimum atomic E-state index is -0.688. The van der Waals surface area contributed by atoms with E-state index in [2.05, 4.69) is 4.98 Å². The Morgan fingerprint density at radius 1 is 1.16 bits per heavy atom. The number of pyridine rings is 1. The van der Waals surface area contributed by atoms with Crippen molar-refractivity contribution in [1.82, 2.24) is 9.55 Å². The van der Waals surface area contributed by atoms with Crippen molar-refractivity contribution in [3.8, 4) is 11.5 Å². The van der Waals surface area contributed by atoms with Gasteiger partial charge in [-0.3, -0.25) is 4.79 Å². The topological polar surface area (TPSA) is 79.7 Å². The Labute approximate surface area is 184 Å². The summed E-state index contributed by atoms with van der Waals surface area (Å²) < 4.78 is 19.0. The van der Waals surface area contributed by atoms with Gasteiger partial charge in [0.15, 0.2) is 24.2 Å². The molecule has 0 saturated heterocycles. The Balaban J connectivity index is 1.42. The van der Waals surface area contributed by atoms with Gasteiger partial charge in [-0.2, -0.15) is 0 Å². The summed E-state index contributed by atoms with van der Waals surface area (Å²) in [6.07, 6.45) is 1.28. The zero-order chi connectivity index (χ0) is 22.0. The summed E-state index contributed by atoms with van der Waals surface area (Å²) in [7, 11) is 0. The predicted molar refractivity (Wildman–Crippen MR) is 114 cm³/mol. The number of benzene rings is 1. The fourth-order valence-electron chi connectivity index (χ4n) is 3.55. The van der Waals surface area contributed by atoms with E-state index in [4.69, 9.17) is 25.8 Å². The maximum Gasteiger partial charge on any atom is 0.341 e. The SMILES string of the molecule is Cc1cc(C(=O)COC(=O)c2cccnc2Cl)c(C)n1C[C@@H]1COc2ccccc2O1. The van der Waals surface area contributed by atoms with E-state index >= 15 is 0 Å². The molecule has 0 aliphatic carbocycles. The van der Waals surface area contributed by atoms with Gasteiger partial charge < -0.3 is 18.8 Å². The molecule has 31 heavy (non-hydrogen) atoms. The highest BCUT2D eigenvalue weighted by Crippen LogP contribution is 2.31. The lowest BCUT2D eigenvalue weighted by atomic mass is 10.1. The second-order valence-corrected chi connectivity index (χ2v) is 7.59. The molecular formula is C23H21ClN2O5. The number of aryl methyl sites for hydroxylation is 1. The standard InChI is InChI=1S/C23H21ClN2O5/c1-14-10-18(19(27)13-30-23(28)17-6-5-9-25-22(17)24)15(2)26(14)11-16-12-29-20-7-3-4-8-21(20)31-16/h3-10,16H,11-13H2,1-2H3/t16-/m1/s1. The van der Waals surface area contributed by atoms with Crippen LogP contribution in [0.5, 0.6) is 11.5 Å². The van der Waals surface area contributed by atoms with Crippen molar-refractivity contribution in [1.29, 1.82) is 0 Å². The van der Waals surface area contributed by atoms with Crippen LogP contribution in [-0.4, -0.2) is 40.6 Å². The number of halogens is 1. The summed E-state index contributed by atoms with van der Waals surface area (Å²) in [5.41, 5.74) is 2.31. The summed E-state index contributed by atoms with van der Waals surface area (Å²) in [6.45, 7) is 4.34. The third kappa shape index (κ3) is 4.41. The first-order valence-electron chi connectivity index (χ1n) is 9.80. The van der Waals surface area contributed by atoms with Crippen molar-refractivity contribution in [2.24, 2.45) is 0 Å². The predicted octanol–water partition coefficient (Wildman–Crippen LogP) is 4.03. The Morgan fingerprint density at radius 3 is 2.71 bits per heavy atom. The second-order valence-electron chi connectivity index (χ2n) is 7.23. The lowest BCUT2D eigenvalue weighted by Crippen LogP contribution is -2.33. The summed E-state index contributed by atoms with van der Waals surface area (Å²) in [4.78, 5) is 28.7. The van der Waals surface area contributed by atoms with Crippen LogP contribution in [0, 0.1) is 13.8 Å². The van der Waals surface area contributed by atoms with Gasteiger partial charge in [0.2, 0.25) is 5.78 Å². The van der Waals surface area contributed by atoms with Crippen LogP contribution in [0.2, 0.25) is 5.15 Å². The van der Waals surface area contributed by atoms with Crippen LogP contribution in [0.4, 0.5) is 0 Å². The number of fused-ring (bicyclic) bond motifs is 1. The van der Waals surface area contributed by atoms with Gasteiger partial charge in [0.1, 0.15) is 11.8 Å². The van der Waals surface area contributed by atoms with Crippen LogP contribution in [0.1, 0.15) is 32.1 Å². The number of ketones is 1. The van der Waals surface area contributed by atoms with E-state index in [1.165, 1.54) is 12.3 Å². The maximum absolute atomic E-state index is 12.7. The van der Waals surface area contributed by atoms with Crippen LogP contribution in [0.25, 0.3) is 0 Å². The van der Waals surface area contributed by atoms with E-state index in [-0.39, 0.29) is 29.2 Å². The number of carbonyl (C=O) groups excluding carboxylic acids is 2. The van der Waals surface area contributed by atoms with Gasteiger partial charge in [0, 0.05) is 23.1 Å². The minimum Gasteiger partial charge on any atom is -0.486 e. The number of nitrogens with zero attached hydrogens (tertiary/aromatic N) is 2. The van der Waals surface area contributed by atoms with Gasteiger partial charge in [-0.25, -0.2) is 9.78 Å². The molecule has 0 fully saturated rings. The molecule has 0 amide bonds. The third-order valence-electron chi connectivity index (χ3n) is 5.14. The Hall–Kier alpha value is -3.32. The highest BCUT2D eigenvalue weighted by Gasteiger charge is 2.24. The molecule has 0 spiro atoms. The smallest absolute Gasteiger partial charge is 0.341 e. The molecule has 160 valence electrons. The average molecular weight is 441 g/mol. The van der Waals surface area contributed by atoms with Crippen molar-refractivity contribution < 1.29 is 23.8 Å². The number of hydrogen-bond donors (Lipinski definition) is 0. The Bertz CT molecular complexity index is 1140. The molecule has 1 aliphatic rings. The molecular weight excluding hydrogens is 420 g/mol. The van der Waals surface area contributed by atoms with E-state index in [0.29, 0.717) is 24.5 Å². The number of para-hydroxylation sites is 2. The van der Waals surface area contributed by atoms with E-state index < -0.39 is 5.97 Å². The molecule has 0 bridgehead atoms. The van der Waals surface area contributed by atoms with Crippen molar-refractivity contribution in [2.75, 3.05) is 13.2 Å². The Morgan fingerprint density at radius 2 is 1.94 bits per heavy atom. The van der Waals surface area contributed by atoms with Gasteiger partial charge in [0.05, 0.1) is 12.1 Å². The molecule has 1 aromatic carbocycles. The lowest BCUT2D eigenvalue weighted by Gasteiger charge is -2.27. The van der Waals surface area contributed by atoms with Gasteiger partial charge in [0.25, 0.3) is 0 Å². The average Bonchev–Trinajstić information content (AvgIpc) is 3.06. The van der Waals surface area contributed by atoms with Crippen LogP contribution < -0.4 is 9.47 Å². The molecule has 4 rings (SSSR count). The minimum absolute atomic E-state index is 0.0365. The summed E-state index contributed by atoms with van der Waals surface area (Å²) >= 11 is 5.90. The van der Waals surface area contributed by atoms with Gasteiger partial charge in [-0.15, -0.1) is 0 Å². The van der Waals surface area contributed by atoms with Crippen molar-refractivity contribution in [3.05, 3.63) is 76.3 Å². The number of rotatable bonds is 6. The Kier molecular flexibility index (Phi) is 5.95. The molecule has 2 aromatic heterocycles. The lowest BCUT2D eigenvalue weighted by molar-refractivity contribution is 0.0474.